The highest BCUT2D eigenvalue weighted by molar-refractivity contribution is 14.0. The van der Waals surface area contributed by atoms with Crippen molar-refractivity contribution in [2.45, 2.75) is 32.8 Å². The molecular weight excluding hydrogens is 439 g/mol. The van der Waals surface area contributed by atoms with Crippen LogP contribution in [0.25, 0.3) is 0 Å². The lowest BCUT2D eigenvalue weighted by atomic mass is 10.1. The Balaban J connectivity index is 0.00000338. The predicted molar refractivity (Wildman–Crippen MR) is 118 cm³/mol. The van der Waals surface area contributed by atoms with Crippen molar-refractivity contribution in [1.29, 1.82) is 0 Å². The summed E-state index contributed by atoms with van der Waals surface area (Å²) in [6, 6.07) is 13.8. The van der Waals surface area contributed by atoms with Crippen molar-refractivity contribution in [2.24, 2.45) is 4.99 Å². The highest BCUT2D eigenvalue weighted by Crippen LogP contribution is 2.15. The van der Waals surface area contributed by atoms with E-state index in [9.17, 15) is 5.11 Å². The van der Waals surface area contributed by atoms with Crippen LogP contribution in [0, 0.1) is 6.92 Å². The van der Waals surface area contributed by atoms with Gasteiger partial charge >= 0.3 is 0 Å². The molecule has 0 saturated carbocycles. The lowest BCUT2D eigenvalue weighted by Crippen LogP contribution is -2.38. The van der Waals surface area contributed by atoms with E-state index in [1.54, 1.807) is 0 Å². The van der Waals surface area contributed by atoms with Crippen molar-refractivity contribution in [3.8, 4) is 0 Å². The highest BCUT2D eigenvalue weighted by atomic mass is 127. The number of aliphatic hydroxyl groups is 1. The van der Waals surface area contributed by atoms with Crippen molar-refractivity contribution in [1.82, 2.24) is 15.6 Å². The molecule has 5 nitrogen and oxygen atoms in total. The van der Waals surface area contributed by atoms with Crippen LogP contribution in [0.2, 0.25) is 0 Å². The third-order valence-corrected chi connectivity index (χ3v) is 3.88. The van der Waals surface area contributed by atoms with E-state index in [1.165, 1.54) is 5.56 Å². The number of rotatable bonds is 8. The van der Waals surface area contributed by atoms with Gasteiger partial charge in [0.2, 0.25) is 0 Å². The number of hydrogen-bond donors (Lipinski definition) is 3. The third-order valence-electron chi connectivity index (χ3n) is 3.88. The molecule has 0 spiro atoms. The zero-order valence-electron chi connectivity index (χ0n) is 15.5. The summed E-state index contributed by atoms with van der Waals surface area (Å²) < 4.78 is 0. The normalized spacial score (nSPS) is 12.2. The van der Waals surface area contributed by atoms with Crippen molar-refractivity contribution in [2.75, 3.05) is 19.6 Å². The molecule has 26 heavy (non-hydrogen) atoms. The van der Waals surface area contributed by atoms with Crippen molar-refractivity contribution < 1.29 is 5.11 Å². The average molecular weight is 468 g/mol. The first kappa shape index (κ1) is 22.4. The molecule has 0 radical (unpaired) electrons. The van der Waals surface area contributed by atoms with Gasteiger partial charge in [-0.2, -0.15) is 0 Å². The van der Waals surface area contributed by atoms with Gasteiger partial charge in [0.1, 0.15) is 0 Å². The van der Waals surface area contributed by atoms with Crippen LogP contribution in [0.1, 0.15) is 36.3 Å². The monoisotopic (exact) mass is 468 g/mol. The summed E-state index contributed by atoms with van der Waals surface area (Å²) in [5.74, 6) is 0.780. The van der Waals surface area contributed by atoms with E-state index in [2.05, 4.69) is 26.7 Å². The fourth-order valence-corrected chi connectivity index (χ4v) is 2.45. The number of nitrogens with one attached hydrogen (secondary N) is 2. The van der Waals surface area contributed by atoms with Gasteiger partial charge in [-0.15, -0.1) is 24.0 Å². The number of aryl methyl sites for hydroxylation is 1. The third kappa shape index (κ3) is 8.14. The SMILES string of the molecule is CCNC(=NCCC(O)c1ccccc1)NCCc1ccc(C)nc1.I. The number of aromatic nitrogens is 1. The number of hydrogen-bond acceptors (Lipinski definition) is 3. The Morgan fingerprint density at radius 1 is 1.15 bits per heavy atom. The zero-order valence-corrected chi connectivity index (χ0v) is 17.8. The Morgan fingerprint density at radius 3 is 2.58 bits per heavy atom. The average Bonchev–Trinajstić information content (AvgIpc) is 2.64. The van der Waals surface area contributed by atoms with Gasteiger partial charge < -0.3 is 15.7 Å². The Labute approximate surface area is 173 Å². The molecular formula is C20H29IN4O. The fraction of sp³-hybridized carbons (Fsp3) is 0.400. The summed E-state index contributed by atoms with van der Waals surface area (Å²) >= 11 is 0. The molecule has 0 amide bonds. The van der Waals surface area contributed by atoms with Crippen LogP contribution < -0.4 is 10.6 Å². The van der Waals surface area contributed by atoms with Gasteiger partial charge in [0.15, 0.2) is 5.96 Å². The summed E-state index contributed by atoms with van der Waals surface area (Å²) in [5.41, 5.74) is 3.17. The van der Waals surface area contributed by atoms with Crippen LogP contribution in [0.5, 0.6) is 0 Å². The Bertz CT molecular complexity index is 647. The number of aliphatic imine (C=N–C) groups is 1. The molecule has 2 aromatic rings. The van der Waals surface area contributed by atoms with Gasteiger partial charge in [0.25, 0.3) is 0 Å². The Kier molecular flexibility index (Phi) is 10.9. The minimum atomic E-state index is -0.480. The van der Waals surface area contributed by atoms with E-state index < -0.39 is 6.10 Å². The maximum absolute atomic E-state index is 10.2. The number of halogens is 1. The lowest BCUT2D eigenvalue weighted by Gasteiger charge is -2.13. The minimum absolute atomic E-state index is 0. The van der Waals surface area contributed by atoms with Crippen LogP contribution in [0.15, 0.2) is 53.7 Å². The van der Waals surface area contributed by atoms with Crippen molar-refractivity contribution >= 4 is 29.9 Å². The summed E-state index contributed by atoms with van der Waals surface area (Å²) in [6.07, 6.45) is 2.93. The van der Waals surface area contributed by atoms with Gasteiger partial charge in [0.05, 0.1) is 6.10 Å². The standard InChI is InChI=1S/C20H28N4O.HI/c1-3-21-20(22-13-11-17-10-9-16(2)24-15-17)23-14-12-19(25)18-7-5-4-6-8-18;/h4-10,15,19,25H,3,11-14H2,1-2H3,(H2,21,22,23);1H. The molecule has 142 valence electrons. The number of aliphatic hydroxyl groups excluding tert-OH is 1. The molecule has 0 bridgehead atoms. The molecule has 0 aliphatic heterocycles. The first-order valence-corrected chi connectivity index (χ1v) is 8.85. The molecule has 0 aliphatic carbocycles. The van der Waals surface area contributed by atoms with Crippen molar-refractivity contribution in [3.05, 3.63) is 65.5 Å². The molecule has 1 unspecified atom stereocenters. The summed E-state index contributed by atoms with van der Waals surface area (Å²) in [7, 11) is 0. The highest BCUT2D eigenvalue weighted by Gasteiger charge is 2.06. The topological polar surface area (TPSA) is 69.5 Å². The lowest BCUT2D eigenvalue weighted by molar-refractivity contribution is 0.170. The Morgan fingerprint density at radius 2 is 1.92 bits per heavy atom. The maximum atomic E-state index is 10.2. The molecule has 6 heteroatoms. The summed E-state index contributed by atoms with van der Waals surface area (Å²) in [4.78, 5) is 8.85. The van der Waals surface area contributed by atoms with E-state index in [4.69, 9.17) is 0 Å². The van der Waals surface area contributed by atoms with Gasteiger partial charge in [-0.05, 0) is 43.9 Å². The van der Waals surface area contributed by atoms with E-state index in [0.29, 0.717) is 13.0 Å². The first-order chi connectivity index (χ1) is 12.2. The molecule has 2 rings (SSSR count). The molecule has 0 saturated heterocycles. The molecule has 1 aromatic heterocycles. The van der Waals surface area contributed by atoms with Crippen LogP contribution >= 0.6 is 24.0 Å². The minimum Gasteiger partial charge on any atom is -0.388 e. The van der Waals surface area contributed by atoms with Gasteiger partial charge in [-0.25, -0.2) is 0 Å². The molecule has 1 aromatic carbocycles. The Hall–Kier alpha value is -1.67. The number of benzene rings is 1. The van der Waals surface area contributed by atoms with Gasteiger partial charge in [-0.3, -0.25) is 9.98 Å². The van der Waals surface area contributed by atoms with E-state index in [1.807, 2.05) is 56.4 Å². The second-order valence-corrected chi connectivity index (χ2v) is 5.96. The van der Waals surface area contributed by atoms with E-state index in [0.717, 1.165) is 36.7 Å². The van der Waals surface area contributed by atoms with E-state index in [-0.39, 0.29) is 24.0 Å². The quantitative estimate of drug-likeness (QED) is 0.316. The molecule has 1 heterocycles. The smallest absolute Gasteiger partial charge is 0.191 e. The second kappa shape index (κ2) is 12.6. The molecule has 0 fully saturated rings. The van der Waals surface area contributed by atoms with Crippen LogP contribution in [0.4, 0.5) is 0 Å². The molecule has 1 atom stereocenters. The number of guanidine groups is 1. The molecule has 0 aliphatic rings. The summed E-state index contributed by atoms with van der Waals surface area (Å²) in [6.45, 7) is 6.19. The fourth-order valence-electron chi connectivity index (χ4n) is 2.45. The van der Waals surface area contributed by atoms with E-state index >= 15 is 0 Å². The van der Waals surface area contributed by atoms with Crippen LogP contribution in [-0.4, -0.2) is 35.7 Å². The summed E-state index contributed by atoms with van der Waals surface area (Å²) in [5, 5.41) is 16.8. The van der Waals surface area contributed by atoms with Gasteiger partial charge in [0, 0.05) is 31.5 Å². The van der Waals surface area contributed by atoms with Crippen LogP contribution in [-0.2, 0) is 6.42 Å². The van der Waals surface area contributed by atoms with Crippen LogP contribution in [0.3, 0.4) is 0 Å². The predicted octanol–water partition coefficient (Wildman–Crippen LogP) is 3.23. The van der Waals surface area contributed by atoms with Gasteiger partial charge in [-0.1, -0.05) is 36.4 Å². The number of nitrogens with zero attached hydrogens (tertiary/aromatic N) is 2. The zero-order chi connectivity index (χ0) is 17.9. The second-order valence-electron chi connectivity index (χ2n) is 5.96. The first-order valence-electron chi connectivity index (χ1n) is 8.85. The maximum Gasteiger partial charge on any atom is 0.191 e. The number of pyridine rings is 1. The largest absolute Gasteiger partial charge is 0.388 e. The van der Waals surface area contributed by atoms with Crippen molar-refractivity contribution in [3.63, 3.8) is 0 Å². The molecule has 3 N–H and O–H groups in total.